The van der Waals surface area contributed by atoms with Crippen molar-refractivity contribution in [1.82, 2.24) is 9.13 Å². The summed E-state index contributed by atoms with van der Waals surface area (Å²) in [5, 5.41) is 7.46. The first-order valence-electron chi connectivity index (χ1n) is 19.4. The van der Waals surface area contributed by atoms with E-state index in [1.807, 2.05) is 0 Å². The molecule has 0 bridgehead atoms. The molecular weight excluding hydrogens is 681 g/mol. The Morgan fingerprint density at radius 3 is 1.55 bits per heavy atom. The van der Waals surface area contributed by atoms with Gasteiger partial charge in [0.25, 0.3) is 0 Å². The van der Waals surface area contributed by atoms with Crippen molar-refractivity contribution in [2.24, 2.45) is 0 Å². The Bertz CT molecular complexity index is 3360. The molecule has 1 spiro atoms. The molecule has 0 amide bonds. The highest BCUT2D eigenvalue weighted by atomic mass is 16.5. The summed E-state index contributed by atoms with van der Waals surface area (Å²) in [6.45, 7) is 0. The molecule has 13 rings (SSSR count). The van der Waals surface area contributed by atoms with Crippen LogP contribution in [0.15, 0.2) is 194 Å². The molecule has 9 aromatic carbocycles. The van der Waals surface area contributed by atoms with Crippen molar-refractivity contribution in [2.45, 2.75) is 5.41 Å². The predicted molar refractivity (Wildman–Crippen MR) is 230 cm³/mol. The smallest absolute Gasteiger partial charge is 0.134 e. The molecule has 0 fully saturated rings. The minimum Gasteiger partial charge on any atom is -0.457 e. The fraction of sp³-hybridized carbons (Fsp3) is 0.0189. The minimum atomic E-state index is -0.533. The molecule has 2 aliphatic rings. The molecule has 260 valence electrons. The summed E-state index contributed by atoms with van der Waals surface area (Å²) in [5.41, 5.74) is 13.9. The zero-order chi connectivity index (χ0) is 36.5. The highest BCUT2D eigenvalue weighted by Crippen LogP contribution is 2.62. The van der Waals surface area contributed by atoms with E-state index in [1.54, 1.807) is 0 Å². The summed E-state index contributed by atoms with van der Waals surface area (Å²) in [6, 6.07) is 71.1. The number of ether oxygens (including phenoxy) is 1. The van der Waals surface area contributed by atoms with Gasteiger partial charge in [0, 0.05) is 50.1 Å². The van der Waals surface area contributed by atoms with Crippen molar-refractivity contribution in [3.05, 3.63) is 216 Å². The van der Waals surface area contributed by atoms with Crippen LogP contribution in [-0.4, -0.2) is 9.13 Å². The van der Waals surface area contributed by atoms with Crippen molar-refractivity contribution in [3.8, 4) is 34.0 Å². The van der Waals surface area contributed by atoms with Gasteiger partial charge < -0.3 is 13.9 Å². The van der Waals surface area contributed by atoms with Crippen LogP contribution in [0.2, 0.25) is 0 Å². The summed E-state index contributed by atoms with van der Waals surface area (Å²) < 4.78 is 11.8. The molecule has 0 radical (unpaired) electrons. The van der Waals surface area contributed by atoms with Crippen LogP contribution < -0.4 is 4.74 Å². The number of hydrogen-bond donors (Lipinski definition) is 0. The molecule has 0 saturated heterocycles. The van der Waals surface area contributed by atoms with E-state index < -0.39 is 5.41 Å². The quantitative estimate of drug-likeness (QED) is 0.175. The zero-order valence-electron chi connectivity index (χ0n) is 30.3. The van der Waals surface area contributed by atoms with Crippen LogP contribution in [0.1, 0.15) is 22.3 Å². The molecule has 0 saturated carbocycles. The summed E-state index contributed by atoms with van der Waals surface area (Å²) in [4.78, 5) is 0. The lowest BCUT2D eigenvalue weighted by Gasteiger charge is -2.39. The number of benzene rings is 9. The van der Waals surface area contributed by atoms with Crippen molar-refractivity contribution >= 4 is 54.4 Å². The van der Waals surface area contributed by atoms with Gasteiger partial charge in [0.1, 0.15) is 11.5 Å². The molecule has 3 nitrogen and oxygen atoms in total. The van der Waals surface area contributed by atoms with Crippen LogP contribution in [0.3, 0.4) is 0 Å². The van der Waals surface area contributed by atoms with E-state index >= 15 is 0 Å². The second kappa shape index (κ2) is 10.9. The Labute approximate surface area is 322 Å². The maximum atomic E-state index is 7.01. The SMILES string of the molecule is c1ccc2c(c1)Oc1cc3c(cc1C21c2ccccc2-c2ccccc21)c1c2ccccc2ccc1n3-c1ccc(-n2c3ccccc3c3ccccc32)cc1. The first kappa shape index (κ1) is 30.0. The Morgan fingerprint density at radius 2 is 0.875 bits per heavy atom. The predicted octanol–water partition coefficient (Wildman–Crippen LogP) is 13.5. The van der Waals surface area contributed by atoms with Gasteiger partial charge in [0.2, 0.25) is 0 Å². The molecule has 0 N–H and O–H groups in total. The summed E-state index contributed by atoms with van der Waals surface area (Å²) in [5.74, 6) is 1.78. The second-order valence-corrected chi connectivity index (χ2v) is 15.2. The molecule has 11 aromatic rings. The van der Waals surface area contributed by atoms with E-state index in [0.29, 0.717) is 0 Å². The van der Waals surface area contributed by atoms with Gasteiger partial charge in [-0.2, -0.15) is 0 Å². The average Bonchev–Trinajstić information content (AvgIpc) is 3.88. The number of fused-ring (bicyclic) bond motifs is 17. The van der Waals surface area contributed by atoms with Crippen LogP contribution in [0, 0.1) is 0 Å². The molecule has 2 aromatic heterocycles. The van der Waals surface area contributed by atoms with Crippen molar-refractivity contribution in [1.29, 1.82) is 0 Å². The molecular formula is C53H32N2O. The zero-order valence-corrected chi connectivity index (χ0v) is 30.3. The van der Waals surface area contributed by atoms with E-state index in [1.165, 1.54) is 82.2 Å². The third-order valence-electron chi connectivity index (χ3n) is 12.6. The minimum absolute atomic E-state index is 0.533. The first-order chi connectivity index (χ1) is 27.8. The van der Waals surface area contributed by atoms with Gasteiger partial charge in [-0.3, -0.25) is 0 Å². The van der Waals surface area contributed by atoms with Crippen LogP contribution in [-0.2, 0) is 5.41 Å². The molecule has 3 heterocycles. The number of rotatable bonds is 2. The van der Waals surface area contributed by atoms with E-state index in [0.717, 1.165) is 28.4 Å². The number of nitrogens with zero attached hydrogens (tertiary/aromatic N) is 2. The number of hydrogen-bond acceptors (Lipinski definition) is 1. The van der Waals surface area contributed by atoms with Crippen molar-refractivity contribution in [2.75, 3.05) is 0 Å². The van der Waals surface area contributed by atoms with Gasteiger partial charge in [-0.05, 0) is 87.6 Å². The first-order valence-corrected chi connectivity index (χ1v) is 19.4. The highest BCUT2D eigenvalue weighted by molar-refractivity contribution is 6.22. The van der Waals surface area contributed by atoms with Gasteiger partial charge in [-0.1, -0.05) is 133 Å². The van der Waals surface area contributed by atoms with E-state index in [4.69, 9.17) is 4.74 Å². The standard InChI is InChI=1S/C53H32N2O/c1-2-14-36-33(13-1)25-30-48-52(36)41-31-45-51(56-50-24-12-9-21-44(50)53(45)42-19-7-3-15-37(42)38-16-4-8-20-43(38)53)32-49(41)55(48)35-28-26-34(27-29-35)54-46-22-10-5-17-39(46)40-18-6-11-23-47(40)54/h1-32H. The van der Waals surface area contributed by atoms with Crippen LogP contribution in [0.25, 0.3) is 76.9 Å². The van der Waals surface area contributed by atoms with Crippen LogP contribution in [0.4, 0.5) is 0 Å². The lowest BCUT2D eigenvalue weighted by atomic mass is 9.66. The third-order valence-corrected chi connectivity index (χ3v) is 12.6. The number of para-hydroxylation sites is 3. The lowest BCUT2D eigenvalue weighted by Crippen LogP contribution is -2.32. The molecule has 3 heteroatoms. The van der Waals surface area contributed by atoms with Crippen molar-refractivity contribution < 1.29 is 4.74 Å². The topological polar surface area (TPSA) is 19.1 Å². The molecule has 0 unspecified atom stereocenters. The summed E-state index contributed by atoms with van der Waals surface area (Å²) in [6.07, 6.45) is 0. The lowest BCUT2D eigenvalue weighted by molar-refractivity contribution is 0.437. The monoisotopic (exact) mass is 712 g/mol. The summed E-state index contributed by atoms with van der Waals surface area (Å²) >= 11 is 0. The molecule has 56 heavy (non-hydrogen) atoms. The summed E-state index contributed by atoms with van der Waals surface area (Å²) in [7, 11) is 0. The second-order valence-electron chi connectivity index (χ2n) is 15.2. The van der Waals surface area contributed by atoms with E-state index in [2.05, 4.69) is 203 Å². The van der Waals surface area contributed by atoms with Gasteiger partial charge >= 0.3 is 0 Å². The Morgan fingerprint density at radius 1 is 0.339 bits per heavy atom. The maximum Gasteiger partial charge on any atom is 0.134 e. The average molecular weight is 713 g/mol. The van der Waals surface area contributed by atoms with E-state index in [9.17, 15) is 0 Å². The fourth-order valence-electron chi connectivity index (χ4n) is 10.4. The largest absolute Gasteiger partial charge is 0.457 e. The molecule has 1 aliphatic heterocycles. The molecule has 0 atom stereocenters. The van der Waals surface area contributed by atoms with E-state index in [-0.39, 0.29) is 0 Å². The van der Waals surface area contributed by atoms with Gasteiger partial charge in [-0.15, -0.1) is 0 Å². The van der Waals surface area contributed by atoms with Crippen LogP contribution >= 0.6 is 0 Å². The highest BCUT2D eigenvalue weighted by Gasteiger charge is 2.51. The fourth-order valence-corrected chi connectivity index (χ4v) is 10.4. The third kappa shape index (κ3) is 3.72. The van der Waals surface area contributed by atoms with Gasteiger partial charge in [-0.25, -0.2) is 0 Å². The normalized spacial score (nSPS) is 13.6. The van der Waals surface area contributed by atoms with Gasteiger partial charge in [0.15, 0.2) is 0 Å². The van der Waals surface area contributed by atoms with Crippen LogP contribution in [0.5, 0.6) is 11.5 Å². The Hall–Kier alpha value is -7.36. The molecule has 1 aliphatic carbocycles. The van der Waals surface area contributed by atoms with Gasteiger partial charge in [0.05, 0.1) is 27.5 Å². The Kier molecular flexibility index (Phi) is 5.83. The maximum absolute atomic E-state index is 7.01. The Balaban J connectivity index is 1.11. The van der Waals surface area contributed by atoms with Crippen molar-refractivity contribution in [3.63, 3.8) is 0 Å². The number of aromatic nitrogens is 2.